The number of pyridine rings is 1. The Morgan fingerprint density at radius 1 is 1.23 bits per heavy atom. The summed E-state index contributed by atoms with van der Waals surface area (Å²) in [4.78, 5) is 19.2. The Balaban J connectivity index is 1.41. The summed E-state index contributed by atoms with van der Waals surface area (Å²) in [6.45, 7) is 2.31. The van der Waals surface area contributed by atoms with Gasteiger partial charge in [-0.2, -0.15) is 0 Å². The van der Waals surface area contributed by atoms with Crippen molar-refractivity contribution in [3.8, 4) is 11.5 Å². The first kappa shape index (κ1) is 16.8. The fourth-order valence-electron chi connectivity index (χ4n) is 3.45. The summed E-state index contributed by atoms with van der Waals surface area (Å²) in [5, 5.41) is 12.7. The van der Waals surface area contributed by atoms with Gasteiger partial charge in [-0.1, -0.05) is 6.07 Å². The van der Waals surface area contributed by atoms with Crippen LogP contribution in [0.1, 0.15) is 16.1 Å². The summed E-state index contributed by atoms with van der Waals surface area (Å²) in [7, 11) is 0. The fraction of sp³-hybridized carbons (Fsp3) is 0.368. The lowest BCUT2D eigenvalue weighted by Crippen LogP contribution is -2.41. The van der Waals surface area contributed by atoms with Gasteiger partial charge in [-0.3, -0.25) is 14.7 Å². The predicted octanol–water partition coefficient (Wildman–Crippen LogP) is 1.03. The van der Waals surface area contributed by atoms with Crippen LogP contribution < -0.4 is 14.8 Å². The molecule has 2 aliphatic rings. The number of aliphatic hydroxyl groups is 1. The molecule has 0 radical (unpaired) electrons. The smallest absolute Gasteiger partial charge is 0.251 e. The molecule has 1 fully saturated rings. The van der Waals surface area contributed by atoms with Gasteiger partial charge in [0.2, 0.25) is 6.79 Å². The van der Waals surface area contributed by atoms with Crippen LogP contribution in [0.3, 0.4) is 0 Å². The number of carbonyl (C=O) groups excluding carboxylic acids is 1. The molecule has 7 heteroatoms. The minimum Gasteiger partial charge on any atom is -0.454 e. The zero-order valence-corrected chi connectivity index (χ0v) is 14.3. The van der Waals surface area contributed by atoms with Gasteiger partial charge in [-0.15, -0.1) is 0 Å². The second-order valence-electron chi connectivity index (χ2n) is 6.61. The molecule has 0 saturated carbocycles. The number of nitrogens with zero attached hydrogens (tertiary/aromatic N) is 2. The number of nitrogens with one attached hydrogen (secondary N) is 1. The number of carbonyl (C=O) groups is 1. The van der Waals surface area contributed by atoms with Gasteiger partial charge < -0.3 is 19.9 Å². The molecule has 1 saturated heterocycles. The van der Waals surface area contributed by atoms with E-state index in [0.29, 0.717) is 30.2 Å². The summed E-state index contributed by atoms with van der Waals surface area (Å²) in [5.41, 5.74) is 1.50. The van der Waals surface area contributed by atoms with Crippen molar-refractivity contribution < 1.29 is 19.4 Å². The Bertz CT molecular complexity index is 784. The molecule has 1 aromatic heterocycles. The summed E-state index contributed by atoms with van der Waals surface area (Å²) >= 11 is 0. The summed E-state index contributed by atoms with van der Waals surface area (Å²) in [6.07, 6.45) is 1.77. The average Bonchev–Trinajstić information content (AvgIpc) is 3.28. The molecule has 0 aliphatic carbocycles. The second kappa shape index (κ2) is 7.31. The van der Waals surface area contributed by atoms with Gasteiger partial charge in [0.05, 0.1) is 5.69 Å². The van der Waals surface area contributed by atoms with Crippen LogP contribution in [0.15, 0.2) is 42.6 Å². The standard InChI is InChI=1S/C19H21N3O4/c23-11-14-8-22(9-15-3-1-2-6-20-15)10-16(14)21-19(24)13-4-5-17-18(7-13)26-12-25-17/h1-7,14,16,23H,8-12H2,(H,21,24)/t14-,16+/m0/s1. The first-order valence-electron chi connectivity index (χ1n) is 8.66. The van der Waals surface area contributed by atoms with E-state index in [4.69, 9.17) is 9.47 Å². The van der Waals surface area contributed by atoms with Crippen molar-refractivity contribution in [3.05, 3.63) is 53.9 Å². The van der Waals surface area contributed by atoms with Crippen LogP contribution in [0.5, 0.6) is 11.5 Å². The van der Waals surface area contributed by atoms with Crippen molar-refractivity contribution in [2.45, 2.75) is 12.6 Å². The summed E-state index contributed by atoms with van der Waals surface area (Å²) < 4.78 is 10.6. The van der Waals surface area contributed by atoms with E-state index < -0.39 is 0 Å². The Hall–Kier alpha value is -2.64. The fourth-order valence-corrected chi connectivity index (χ4v) is 3.45. The summed E-state index contributed by atoms with van der Waals surface area (Å²) in [5.74, 6) is 1.06. The van der Waals surface area contributed by atoms with Crippen molar-refractivity contribution in [2.24, 2.45) is 5.92 Å². The zero-order valence-electron chi connectivity index (χ0n) is 14.3. The quantitative estimate of drug-likeness (QED) is 0.834. The second-order valence-corrected chi connectivity index (χ2v) is 6.61. The van der Waals surface area contributed by atoms with E-state index >= 15 is 0 Å². The Kier molecular flexibility index (Phi) is 4.73. The molecule has 7 nitrogen and oxygen atoms in total. The van der Waals surface area contributed by atoms with Crippen LogP contribution in [-0.2, 0) is 6.54 Å². The summed E-state index contributed by atoms with van der Waals surface area (Å²) in [6, 6.07) is 10.9. The van der Waals surface area contributed by atoms with Crippen molar-refractivity contribution >= 4 is 5.91 Å². The highest BCUT2D eigenvalue weighted by atomic mass is 16.7. The highest BCUT2D eigenvalue weighted by Crippen LogP contribution is 2.32. The maximum Gasteiger partial charge on any atom is 0.251 e. The molecular weight excluding hydrogens is 334 g/mol. The third-order valence-corrected chi connectivity index (χ3v) is 4.81. The van der Waals surface area contributed by atoms with E-state index in [2.05, 4.69) is 15.2 Å². The van der Waals surface area contributed by atoms with Gasteiger partial charge in [0.25, 0.3) is 5.91 Å². The maximum atomic E-state index is 12.6. The normalized spacial score (nSPS) is 21.7. The molecular formula is C19H21N3O4. The topological polar surface area (TPSA) is 83.9 Å². The van der Waals surface area contributed by atoms with Crippen molar-refractivity contribution in [2.75, 3.05) is 26.5 Å². The highest BCUT2D eigenvalue weighted by Gasteiger charge is 2.33. The van der Waals surface area contributed by atoms with Gasteiger partial charge in [0.1, 0.15) is 0 Å². The molecule has 2 N–H and O–H groups in total. The largest absolute Gasteiger partial charge is 0.454 e. The average molecular weight is 355 g/mol. The Morgan fingerprint density at radius 2 is 2.12 bits per heavy atom. The molecule has 2 atom stereocenters. The number of rotatable bonds is 5. The Morgan fingerprint density at radius 3 is 2.92 bits per heavy atom. The van der Waals surface area contributed by atoms with Crippen LogP contribution in [-0.4, -0.2) is 53.4 Å². The molecule has 0 unspecified atom stereocenters. The van der Waals surface area contributed by atoms with Gasteiger partial charge in [-0.25, -0.2) is 0 Å². The molecule has 2 aromatic rings. The highest BCUT2D eigenvalue weighted by molar-refractivity contribution is 5.95. The van der Waals surface area contributed by atoms with Crippen LogP contribution in [0, 0.1) is 5.92 Å². The number of amides is 1. The van der Waals surface area contributed by atoms with Gasteiger partial charge >= 0.3 is 0 Å². The van der Waals surface area contributed by atoms with Crippen LogP contribution in [0.4, 0.5) is 0 Å². The number of likely N-dealkylation sites (tertiary alicyclic amines) is 1. The molecule has 136 valence electrons. The van der Waals surface area contributed by atoms with E-state index in [9.17, 15) is 9.90 Å². The number of hydrogen-bond acceptors (Lipinski definition) is 6. The van der Waals surface area contributed by atoms with E-state index in [0.717, 1.165) is 12.2 Å². The third-order valence-electron chi connectivity index (χ3n) is 4.81. The predicted molar refractivity (Wildman–Crippen MR) is 93.9 cm³/mol. The van der Waals surface area contributed by atoms with Crippen LogP contribution in [0.25, 0.3) is 0 Å². The van der Waals surface area contributed by atoms with E-state index in [1.165, 1.54) is 0 Å². The zero-order chi connectivity index (χ0) is 17.9. The number of fused-ring (bicyclic) bond motifs is 1. The lowest BCUT2D eigenvalue weighted by molar-refractivity contribution is 0.0920. The van der Waals surface area contributed by atoms with Crippen LogP contribution >= 0.6 is 0 Å². The SMILES string of the molecule is O=C(N[C@@H]1CN(Cc2ccccn2)C[C@H]1CO)c1ccc2c(c1)OCO2. The molecule has 4 rings (SSSR count). The Labute approximate surface area is 151 Å². The maximum absolute atomic E-state index is 12.6. The van der Waals surface area contributed by atoms with E-state index in [1.54, 1.807) is 24.4 Å². The molecule has 1 amide bonds. The van der Waals surface area contributed by atoms with Crippen molar-refractivity contribution in [1.82, 2.24) is 15.2 Å². The number of aliphatic hydroxyl groups excluding tert-OH is 1. The van der Waals surface area contributed by atoms with Crippen LogP contribution in [0.2, 0.25) is 0 Å². The van der Waals surface area contributed by atoms with Crippen molar-refractivity contribution in [1.29, 1.82) is 0 Å². The first-order chi connectivity index (χ1) is 12.7. The molecule has 3 heterocycles. The monoisotopic (exact) mass is 355 g/mol. The minimum absolute atomic E-state index is 0.00308. The minimum atomic E-state index is -0.175. The third kappa shape index (κ3) is 3.49. The molecule has 0 bridgehead atoms. The van der Waals surface area contributed by atoms with E-state index in [-0.39, 0.29) is 31.3 Å². The number of ether oxygens (including phenoxy) is 2. The van der Waals surface area contributed by atoms with Gasteiger partial charge in [-0.05, 0) is 30.3 Å². The van der Waals surface area contributed by atoms with Crippen molar-refractivity contribution in [3.63, 3.8) is 0 Å². The van der Waals surface area contributed by atoms with Gasteiger partial charge in [0.15, 0.2) is 11.5 Å². The van der Waals surface area contributed by atoms with Gasteiger partial charge in [0, 0.05) is 50.0 Å². The number of hydrogen-bond donors (Lipinski definition) is 2. The van der Waals surface area contributed by atoms with E-state index in [1.807, 2.05) is 18.2 Å². The lowest BCUT2D eigenvalue weighted by atomic mass is 10.0. The molecule has 2 aliphatic heterocycles. The molecule has 0 spiro atoms. The number of benzene rings is 1. The first-order valence-corrected chi connectivity index (χ1v) is 8.66. The molecule has 1 aromatic carbocycles. The lowest BCUT2D eigenvalue weighted by Gasteiger charge is -2.18. The number of aromatic nitrogens is 1. The molecule has 26 heavy (non-hydrogen) atoms.